The van der Waals surface area contributed by atoms with Crippen molar-refractivity contribution in [2.75, 3.05) is 5.32 Å². The zero-order valence-corrected chi connectivity index (χ0v) is 11.3. The second-order valence-electron chi connectivity index (χ2n) is 4.10. The summed E-state index contributed by atoms with van der Waals surface area (Å²) in [7, 11) is 0. The predicted octanol–water partition coefficient (Wildman–Crippen LogP) is 2.54. The Morgan fingerprint density at radius 3 is 2.63 bits per heavy atom. The lowest BCUT2D eigenvalue weighted by Crippen LogP contribution is -2.19. The van der Waals surface area contributed by atoms with Gasteiger partial charge in [-0.2, -0.15) is 0 Å². The van der Waals surface area contributed by atoms with E-state index in [2.05, 4.69) is 26.6 Å². The highest BCUT2D eigenvalue weighted by Gasteiger charge is 2.26. The molecule has 1 aromatic carbocycles. The quantitative estimate of drug-likeness (QED) is 0.852. The third kappa shape index (κ3) is 2.26. The monoisotopic (exact) mass is 320 g/mol. The lowest BCUT2D eigenvalue weighted by molar-refractivity contribution is 0.0879. The summed E-state index contributed by atoms with van der Waals surface area (Å²) in [5.41, 5.74) is 1.57. The molecule has 1 aromatic heterocycles. The molecule has 0 atom stereocenters. The molecule has 19 heavy (non-hydrogen) atoms. The average molecular weight is 321 g/mol. The van der Waals surface area contributed by atoms with Crippen LogP contribution in [0.2, 0.25) is 0 Å². The van der Waals surface area contributed by atoms with E-state index in [1.165, 1.54) is 0 Å². The van der Waals surface area contributed by atoms with Crippen molar-refractivity contribution in [1.82, 2.24) is 5.32 Å². The number of nitrogens with one attached hydrogen (secondary N) is 2. The Morgan fingerprint density at radius 2 is 1.89 bits per heavy atom. The normalized spacial score (nSPS) is 13.3. The van der Waals surface area contributed by atoms with Gasteiger partial charge in [0.15, 0.2) is 4.67 Å². The number of halogens is 1. The van der Waals surface area contributed by atoms with Crippen LogP contribution in [0.1, 0.15) is 26.5 Å². The molecular formula is C13H9BrN2O3. The molecule has 2 amide bonds. The molecule has 0 aliphatic carbocycles. The molecular weight excluding hydrogens is 312 g/mol. The van der Waals surface area contributed by atoms with Crippen molar-refractivity contribution in [3.63, 3.8) is 0 Å². The van der Waals surface area contributed by atoms with Crippen LogP contribution in [0.4, 0.5) is 5.69 Å². The Kier molecular flexibility index (Phi) is 2.87. The lowest BCUT2D eigenvalue weighted by Gasteiger charge is -2.05. The van der Waals surface area contributed by atoms with Crippen molar-refractivity contribution in [1.29, 1.82) is 0 Å². The maximum atomic E-state index is 11.5. The van der Waals surface area contributed by atoms with Crippen molar-refractivity contribution >= 4 is 33.4 Å². The van der Waals surface area contributed by atoms with E-state index in [-0.39, 0.29) is 11.8 Å². The predicted molar refractivity (Wildman–Crippen MR) is 72.0 cm³/mol. The molecule has 0 spiro atoms. The number of imide groups is 1. The molecule has 5 nitrogen and oxygen atoms in total. The van der Waals surface area contributed by atoms with Crippen LogP contribution in [0.25, 0.3) is 0 Å². The number of hydrogen-bond acceptors (Lipinski definition) is 4. The first kappa shape index (κ1) is 12.0. The van der Waals surface area contributed by atoms with Crippen molar-refractivity contribution in [2.24, 2.45) is 0 Å². The van der Waals surface area contributed by atoms with E-state index in [0.717, 1.165) is 11.4 Å². The van der Waals surface area contributed by atoms with Crippen LogP contribution < -0.4 is 10.6 Å². The highest BCUT2D eigenvalue weighted by Crippen LogP contribution is 2.21. The summed E-state index contributed by atoms with van der Waals surface area (Å²) in [6.07, 6.45) is 0. The lowest BCUT2D eigenvalue weighted by atomic mass is 10.1. The highest BCUT2D eigenvalue weighted by molar-refractivity contribution is 9.10. The fourth-order valence-corrected chi connectivity index (χ4v) is 2.25. The van der Waals surface area contributed by atoms with Crippen molar-refractivity contribution < 1.29 is 14.0 Å². The van der Waals surface area contributed by atoms with Crippen molar-refractivity contribution in [2.45, 2.75) is 6.54 Å². The smallest absolute Gasteiger partial charge is 0.259 e. The molecule has 2 aromatic rings. The van der Waals surface area contributed by atoms with Crippen LogP contribution in [0, 0.1) is 0 Å². The van der Waals surface area contributed by atoms with Crippen LogP contribution in [0.3, 0.4) is 0 Å². The van der Waals surface area contributed by atoms with E-state index in [9.17, 15) is 9.59 Å². The van der Waals surface area contributed by atoms with Crippen molar-refractivity contribution in [3.05, 3.63) is 51.9 Å². The number of benzene rings is 1. The van der Waals surface area contributed by atoms with Gasteiger partial charge in [-0.05, 0) is 46.3 Å². The van der Waals surface area contributed by atoms with Gasteiger partial charge in [-0.3, -0.25) is 14.9 Å². The van der Waals surface area contributed by atoms with Gasteiger partial charge in [0.05, 0.1) is 17.7 Å². The number of carbonyl (C=O) groups is 2. The van der Waals surface area contributed by atoms with E-state index >= 15 is 0 Å². The molecule has 2 heterocycles. The average Bonchev–Trinajstić information content (AvgIpc) is 2.92. The number of furan rings is 1. The first-order chi connectivity index (χ1) is 9.13. The van der Waals surface area contributed by atoms with Crippen LogP contribution >= 0.6 is 15.9 Å². The Bertz CT molecular complexity index is 678. The van der Waals surface area contributed by atoms with Crippen LogP contribution in [-0.2, 0) is 6.54 Å². The Hall–Kier alpha value is -2.08. The van der Waals surface area contributed by atoms with Crippen LogP contribution in [0.5, 0.6) is 0 Å². The maximum Gasteiger partial charge on any atom is 0.259 e. The number of carbonyl (C=O) groups excluding carboxylic acids is 2. The van der Waals surface area contributed by atoms with Gasteiger partial charge in [0.2, 0.25) is 0 Å². The molecule has 3 rings (SSSR count). The van der Waals surface area contributed by atoms with Gasteiger partial charge in [-0.1, -0.05) is 0 Å². The van der Waals surface area contributed by atoms with Crippen LogP contribution in [0.15, 0.2) is 39.4 Å². The molecule has 2 N–H and O–H groups in total. The second kappa shape index (κ2) is 4.55. The summed E-state index contributed by atoms with van der Waals surface area (Å²) >= 11 is 3.23. The van der Waals surface area contributed by atoms with Gasteiger partial charge in [0.25, 0.3) is 11.8 Å². The highest BCUT2D eigenvalue weighted by atomic mass is 79.9. The molecule has 0 saturated heterocycles. The fourth-order valence-electron chi connectivity index (χ4n) is 1.91. The first-order valence-corrected chi connectivity index (χ1v) is 6.40. The largest absolute Gasteiger partial charge is 0.452 e. The van der Waals surface area contributed by atoms with E-state index in [1.807, 2.05) is 12.1 Å². The second-order valence-corrected chi connectivity index (χ2v) is 4.88. The minimum Gasteiger partial charge on any atom is -0.452 e. The van der Waals surface area contributed by atoms with E-state index in [4.69, 9.17) is 4.42 Å². The van der Waals surface area contributed by atoms with E-state index < -0.39 is 0 Å². The van der Waals surface area contributed by atoms with Gasteiger partial charge < -0.3 is 9.73 Å². The molecule has 6 heteroatoms. The SMILES string of the molecule is O=C1NC(=O)c2cc(NCc3ccc(Br)o3)ccc21. The minimum atomic E-state index is -0.357. The van der Waals surface area contributed by atoms with Crippen molar-refractivity contribution in [3.8, 4) is 0 Å². The number of amides is 2. The zero-order chi connectivity index (χ0) is 13.4. The summed E-state index contributed by atoms with van der Waals surface area (Å²) < 4.78 is 6.03. The molecule has 0 unspecified atom stereocenters. The van der Waals surface area contributed by atoms with Gasteiger partial charge in [0.1, 0.15) is 5.76 Å². The summed E-state index contributed by atoms with van der Waals surface area (Å²) in [5.74, 6) is 0.0683. The number of rotatable bonds is 3. The standard InChI is InChI=1S/C13H9BrN2O3/c14-11-4-2-8(19-11)6-15-7-1-3-9-10(5-7)13(18)16-12(9)17/h1-5,15H,6H2,(H,16,17,18). The summed E-state index contributed by atoms with van der Waals surface area (Å²) in [6, 6.07) is 8.71. The maximum absolute atomic E-state index is 11.5. The van der Waals surface area contributed by atoms with Gasteiger partial charge in [0, 0.05) is 5.69 Å². The molecule has 0 radical (unpaired) electrons. The Morgan fingerprint density at radius 1 is 1.11 bits per heavy atom. The summed E-state index contributed by atoms with van der Waals surface area (Å²) in [5, 5.41) is 5.39. The molecule has 96 valence electrons. The molecule has 1 aliphatic rings. The van der Waals surface area contributed by atoms with Crippen LogP contribution in [-0.4, -0.2) is 11.8 Å². The number of hydrogen-bond donors (Lipinski definition) is 2. The number of anilines is 1. The summed E-state index contributed by atoms with van der Waals surface area (Å²) in [4.78, 5) is 22.9. The molecule has 1 aliphatic heterocycles. The summed E-state index contributed by atoms with van der Waals surface area (Å²) in [6.45, 7) is 0.500. The van der Waals surface area contributed by atoms with Gasteiger partial charge in [-0.15, -0.1) is 0 Å². The van der Waals surface area contributed by atoms with E-state index in [1.54, 1.807) is 18.2 Å². The van der Waals surface area contributed by atoms with E-state index in [0.29, 0.717) is 22.3 Å². The van der Waals surface area contributed by atoms with Gasteiger partial charge in [-0.25, -0.2) is 0 Å². The minimum absolute atomic E-state index is 0.346. The Labute approximate surface area is 117 Å². The molecule has 0 fully saturated rings. The zero-order valence-electron chi connectivity index (χ0n) is 9.70. The van der Waals surface area contributed by atoms with Gasteiger partial charge >= 0.3 is 0 Å². The molecule has 0 bridgehead atoms. The number of fused-ring (bicyclic) bond motifs is 1. The third-order valence-electron chi connectivity index (χ3n) is 2.83. The first-order valence-electron chi connectivity index (χ1n) is 5.61. The third-order valence-corrected chi connectivity index (χ3v) is 3.26. The Balaban J connectivity index is 1.78. The topological polar surface area (TPSA) is 71.3 Å². The fraction of sp³-hybridized carbons (Fsp3) is 0.0769. The molecule has 0 saturated carbocycles.